The Morgan fingerprint density at radius 1 is 1.14 bits per heavy atom. The summed E-state index contributed by atoms with van der Waals surface area (Å²) in [5, 5.41) is 10.8. The third-order valence-corrected chi connectivity index (χ3v) is 3.75. The molecule has 0 saturated carbocycles. The van der Waals surface area contributed by atoms with E-state index in [4.69, 9.17) is 10.5 Å². The van der Waals surface area contributed by atoms with Gasteiger partial charge in [-0.3, -0.25) is 0 Å². The van der Waals surface area contributed by atoms with E-state index in [-0.39, 0.29) is 5.75 Å². The van der Waals surface area contributed by atoms with Crippen LogP contribution in [0.1, 0.15) is 25.6 Å². The molecule has 22 heavy (non-hydrogen) atoms. The molecule has 0 saturated heterocycles. The van der Waals surface area contributed by atoms with Gasteiger partial charge in [0.25, 0.3) is 0 Å². The van der Waals surface area contributed by atoms with E-state index in [1.165, 1.54) is 0 Å². The smallest absolute Gasteiger partial charge is 0.161 e. The molecule has 0 fully saturated rings. The highest BCUT2D eigenvalue weighted by Crippen LogP contribution is 2.30. The quantitative estimate of drug-likeness (QED) is 0.713. The summed E-state index contributed by atoms with van der Waals surface area (Å²) in [4.78, 5) is 0. The number of nitrogens with zero attached hydrogens (tertiary/aromatic N) is 1. The maximum atomic E-state index is 9.80. The summed E-state index contributed by atoms with van der Waals surface area (Å²) in [6.07, 6.45) is 0. The van der Waals surface area contributed by atoms with Crippen molar-refractivity contribution in [2.75, 3.05) is 5.73 Å². The van der Waals surface area contributed by atoms with Crippen LogP contribution in [0, 0.1) is 0 Å². The molecule has 0 spiro atoms. The second-order valence-electron chi connectivity index (χ2n) is 5.64. The normalized spacial score (nSPS) is 11.2. The van der Waals surface area contributed by atoms with Crippen molar-refractivity contribution in [1.82, 2.24) is 4.57 Å². The molecule has 1 heterocycles. The van der Waals surface area contributed by atoms with E-state index in [1.54, 1.807) is 18.2 Å². The van der Waals surface area contributed by atoms with Crippen molar-refractivity contribution in [3.05, 3.63) is 54.2 Å². The Morgan fingerprint density at radius 3 is 2.64 bits per heavy atom. The molecule has 1 aromatic heterocycles. The number of rotatable bonds is 4. The number of nitrogens with two attached hydrogens (primary N) is 1. The Labute approximate surface area is 129 Å². The highest BCUT2D eigenvalue weighted by atomic mass is 16.5. The summed E-state index contributed by atoms with van der Waals surface area (Å²) in [5.74, 6) is 0.630. The fourth-order valence-electron chi connectivity index (χ4n) is 2.78. The zero-order valence-electron chi connectivity index (χ0n) is 12.8. The van der Waals surface area contributed by atoms with Crippen molar-refractivity contribution in [1.29, 1.82) is 0 Å². The van der Waals surface area contributed by atoms with Gasteiger partial charge in [0.1, 0.15) is 6.61 Å². The van der Waals surface area contributed by atoms with Crippen LogP contribution >= 0.6 is 0 Å². The minimum Gasteiger partial charge on any atom is -0.504 e. The lowest BCUT2D eigenvalue weighted by Crippen LogP contribution is -2.08. The van der Waals surface area contributed by atoms with Crippen LogP contribution in [0.2, 0.25) is 0 Å². The molecule has 0 aliphatic heterocycles. The molecular weight excluding hydrogens is 276 g/mol. The van der Waals surface area contributed by atoms with Gasteiger partial charge in [-0.1, -0.05) is 18.2 Å². The summed E-state index contributed by atoms with van der Waals surface area (Å²) in [6, 6.07) is 15.3. The van der Waals surface area contributed by atoms with Gasteiger partial charge in [0.05, 0.1) is 11.2 Å². The zero-order valence-corrected chi connectivity index (χ0v) is 12.8. The number of phenolic OH excluding ortho intramolecular Hbond substituents is 1. The van der Waals surface area contributed by atoms with Crippen LogP contribution in [-0.2, 0) is 6.61 Å². The molecule has 0 aliphatic rings. The monoisotopic (exact) mass is 296 g/mol. The number of anilines is 1. The number of para-hydroxylation sites is 2. The summed E-state index contributed by atoms with van der Waals surface area (Å²) in [7, 11) is 0. The van der Waals surface area contributed by atoms with Crippen molar-refractivity contribution in [2.24, 2.45) is 0 Å². The van der Waals surface area contributed by atoms with Crippen LogP contribution in [0.25, 0.3) is 10.9 Å². The number of hydrogen-bond donors (Lipinski definition) is 2. The molecule has 3 rings (SSSR count). The van der Waals surface area contributed by atoms with E-state index in [0.29, 0.717) is 18.4 Å². The minimum absolute atomic E-state index is 0.147. The van der Waals surface area contributed by atoms with Gasteiger partial charge in [-0.05, 0) is 44.2 Å². The van der Waals surface area contributed by atoms with Crippen molar-refractivity contribution in [3.8, 4) is 11.5 Å². The van der Waals surface area contributed by atoms with Crippen LogP contribution in [0.3, 0.4) is 0 Å². The van der Waals surface area contributed by atoms with E-state index in [9.17, 15) is 5.11 Å². The number of nitrogen functional groups attached to an aromatic ring is 1. The summed E-state index contributed by atoms with van der Waals surface area (Å²) in [6.45, 7) is 4.64. The summed E-state index contributed by atoms with van der Waals surface area (Å²) in [5.41, 5.74) is 8.98. The Bertz CT molecular complexity index is 806. The minimum atomic E-state index is 0.147. The average Bonchev–Trinajstić information content (AvgIpc) is 2.86. The maximum Gasteiger partial charge on any atom is 0.161 e. The standard InChI is InChI=1S/C18H20N2O2/c1-12(2)20-13(10-14-15(19)6-5-7-16(14)20)11-22-18-9-4-3-8-17(18)21/h3-10,12,21H,11,19H2,1-2H3. The van der Waals surface area contributed by atoms with Gasteiger partial charge >= 0.3 is 0 Å². The molecule has 3 N–H and O–H groups in total. The lowest BCUT2D eigenvalue weighted by Gasteiger charge is -2.15. The number of benzene rings is 2. The summed E-state index contributed by atoms with van der Waals surface area (Å²) >= 11 is 0. The molecule has 114 valence electrons. The lowest BCUT2D eigenvalue weighted by molar-refractivity contribution is 0.278. The number of phenols is 1. The van der Waals surface area contributed by atoms with Gasteiger partial charge in [-0.15, -0.1) is 0 Å². The van der Waals surface area contributed by atoms with E-state index in [2.05, 4.69) is 30.5 Å². The predicted octanol–water partition coefficient (Wildman–Crippen LogP) is 4.09. The molecular formula is C18H20N2O2. The Hall–Kier alpha value is -2.62. The van der Waals surface area contributed by atoms with Crippen LogP contribution in [0.4, 0.5) is 5.69 Å². The van der Waals surface area contributed by atoms with Gasteiger partial charge in [0, 0.05) is 17.1 Å². The number of ether oxygens (including phenoxy) is 1. The third-order valence-electron chi connectivity index (χ3n) is 3.75. The number of aromatic nitrogens is 1. The van der Waals surface area contributed by atoms with Gasteiger partial charge < -0.3 is 20.1 Å². The molecule has 3 aromatic rings. The van der Waals surface area contributed by atoms with Crippen molar-refractivity contribution in [3.63, 3.8) is 0 Å². The highest BCUT2D eigenvalue weighted by Gasteiger charge is 2.14. The van der Waals surface area contributed by atoms with Gasteiger partial charge in [0.15, 0.2) is 11.5 Å². The second-order valence-corrected chi connectivity index (χ2v) is 5.64. The number of hydrogen-bond acceptors (Lipinski definition) is 3. The third kappa shape index (κ3) is 2.48. The first-order valence-corrected chi connectivity index (χ1v) is 7.37. The molecule has 4 heteroatoms. The first kappa shape index (κ1) is 14.3. The zero-order chi connectivity index (χ0) is 15.7. The van der Waals surface area contributed by atoms with Crippen molar-refractivity contribution < 1.29 is 9.84 Å². The average molecular weight is 296 g/mol. The first-order valence-electron chi connectivity index (χ1n) is 7.37. The van der Waals surface area contributed by atoms with Crippen LogP contribution in [-0.4, -0.2) is 9.67 Å². The maximum absolute atomic E-state index is 9.80. The Balaban J connectivity index is 1.98. The molecule has 0 amide bonds. The number of aromatic hydroxyl groups is 1. The second kappa shape index (κ2) is 5.64. The van der Waals surface area contributed by atoms with Crippen LogP contribution in [0.5, 0.6) is 11.5 Å². The van der Waals surface area contributed by atoms with E-state index >= 15 is 0 Å². The number of fused-ring (bicyclic) bond motifs is 1. The molecule has 0 radical (unpaired) electrons. The largest absolute Gasteiger partial charge is 0.504 e. The van der Waals surface area contributed by atoms with E-state index in [0.717, 1.165) is 22.3 Å². The SMILES string of the molecule is CC(C)n1c(COc2ccccc2O)cc2c(N)cccc21. The predicted molar refractivity (Wildman–Crippen MR) is 89.2 cm³/mol. The summed E-state index contributed by atoms with van der Waals surface area (Å²) < 4.78 is 7.99. The van der Waals surface area contributed by atoms with Gasteiger partial charge in [0.2, 0.25) is 0 Å². The van der Waals surface area contributed by atoms with E-state index < -0.39 is 0 Å². The molecule has 0 aliphatic carbocycles. The van der Waals surface area contributed by atoms with E-state index in [1.807, 2.05) is 18.2 Å². The molecule has 2 aromatic carbocycles. The first-order chi connectivity index (χ1) is 10.6. The van der Waals surface area contributed by atoms with Crippen molar-refractivity contribution in [2.45, 2.75) is 26.5 Å². The van der Waals surface area contributed by atoms with Crippen LogP contribution in [0.15, 0.2) is 48.5 Å². The highest BCUT2D eigenvalue weighted by molar-refractivity contribution is 5.92. The molecule has 0 atom stereocenters. The Kier molecular flexibility index (Phi) is 3.67. The fourth-order valence-corrected chi connectivity index (χ4v) is 2.78. The molecule has 4 nitrogen and oxygen atoms in total. The molecule has 0 unspecified atom stereocenters. The van der Waals surface area contributed by atoms with Gasteiger partial charge in [-0.2, -0.15) is 0 Å². The van der Waals surface area contributed by atoms with Crippen LogP contribution < -0.4 is 10.5 Å². The molecule has 0 bridgehead atoms. The Morgan fingerprint density at radius 2 is 1.91 bits per heavy atom. The van der Waals surface area contributed by atoms with Gasteiger partial charge in [-0.25, -0.2) is 0 Å². The topological polar surface area (TPSA) is 60.4 Å². The van der Waals surface area contributed by atoms with Crippen molar-refractivity contribution >= 4 is 16.6 Å². The lowest BCUT2D eigenvalue weighted by atomic mass is 10.2. The fraction of sp³-hybridized carbons (Fsp3) is 0.222.